The minimum atomic E-state index is 0.112. The second kappa shape index (κ2) is 5.07. The second-order valence-electron chi connectivity index (χ2n) is 5.55. The fraction of sp³-hybridized carbons (Fsp3) is 0.375. The van der Waals surface area contributed by atoms with Gasteiger partial charge in [0, 0.05) is 9.75 Å². The lowest BCUT2D eigenvalue weighted by Crippen LogP contribution is -2.08. The largest absolute Gasteiger partial charge is 0.138 e. The Balaban J connectivity index is 2.53. The molecule has 0 spiro atoms. The van der Waals surface area contributed by atoms with Crippen molar-refractivity contribution in [2.24, 2.45) is 0 Å². The Morgan fingerprint density at radius 1 is 1.17 bits per heavy atom. The molecule has 2 aromatic rings. The van der Waals surface area contributed by atoms with E-state index in [1.165, 1.54) is 20.9 Å². The van der Waals surface area contributed by atoms with Crippen molar-refractivity contribution in [1.29, 1.82) is 0 Å². The fourth-order valence-corrected chi connectivity index (χ4v) is 3.82. The van der Waals surface area contributed by atoms with Crippen LogP contribution in [0.2, 0.25) is 5.02 Å². The van der Waals surface area contributed by atoms with Gasteiger partial charge in [0.15, 0.2) is 0 Å². The molecule has 0 atom stereocenters. The highest BCUT2D eigenvalue weighted by Crippen LogP contribution is 2.41. The molecule has 0 saturated heterocycles. The van der Waals surface area contributed by atoms with Gasteiger partial charge in [0.05, 0.1) is 5.02 Å². The number of hydrogen-bond donors (Lipinski definition) is 0. The van der Waals surface area contributed by atoms with E-state index in [1.54, 1.807) is 0 Å². The van der Waals surface area contributed by atoms with Gasteiger partial charge in [-0.1, -0.05) is 63.6 Å². The monoisotopic (exact) mass is 278 g/mol. The highest BCUT2D eigenvalue weighted by Gasteiger charge is 2.21. The van der Waals surface area contributed by atoms with E-state index in [1.807, 2.05) is 11.3 Å². The van der Waals surface area contributed by atoms with Crippen LogP contribution in [-0.2, 0) is 11.8 Å². The summed E-state index contributed by atoms with van der Waals surface area (Å²) >= 11 is 8.20. The number of rotatable bonds is 2. The van der Waals surface area contributed by atoms with Crippen molar-refractivity contribution in [3.63, 3.8) is 0 Å². The van der Waals surface area contributed by atoms with Crippen molar-refractivity contribution < 1.29 is 0 Å². The van der Waals surface area contributed by atoms with E-state index in [2.05, 4.69) is 58.0 Å². The summed E-state index contributed by atoms with van der Waals surface area (Å²) in [7, 11) is 0. The predicted octanol–water partition coefficient (Wildman–Crippen LogP) is 5.93. The molecule has 2 rings (SSSR count). The third kappa shape index (κ3) is 2.62. The zero-order valence-electron chi connectivity index (χ0n) is 11.4. The molecule has 0 aliphatic heterocycles. The first kappa shape index (κ1) is 13.6. The number of benzene rings is 1. The standard InChI is InChI=1S/C16H19ClS/c1-5-11-8-6-7-9-12(11)14-10-13(17)15(18-14)16(2,3)4/h6-10H,5H2,1-4H3. The third-order valence-electron chi connectivity index (χ3n) is 3.03. The molecule has 0 nitrogen and oxygen atoms in total. The van der Waals surface area contributed by atoms with Gasteiger partial charge in [0.25, 0.3) is 0 Å². The Labute approximate surface area is 119 Å². The number of halogens is 1. The van der Waals surface area contributed by atoms with Crippen LogP contribution < -0.4 is 0 Å². The first-order valence-electron chi connectivity index (χ1n) is 6.31. The molecule has 0 amide bonds. The normalized spacial score (nSPS) is 11.8. The molecular formula is C16H19ClS. The zero-order chi connectivity index (χ0) is 13.3. The first-order chi connectivity index (χ1) is 8.43. The van der Waals surface area contributed by atoms with E-state index < -0.39 is 0 Å². The van der Waals surface area contributed by atoms with Gasteiger partial charge in [-0.15, -0.1) is 11.3 Å². The third-order valence-corrected chi connectivity index (χ3v) is 5.04. The second-order valence-corrected chi connectivity index (χ2v) is 7.01. The first-order valence-corrected chi connectivity index (χ1v) is 7.51. The summed E-state index contributed by atoms with van der Waals surface area (Å²) < 4.78 is 0. The molecule has 1 aromatic carbocycles. The summed E-state index contributed by atoms with van der Waals surface area (Å²) in [6, 6.07) is 10.7. The van der Waals surface area contributed by atoms with E-state index in [9.17, 15) is 0 Å². The van der Waals surface area contributed by atoms with Gasteiger partial charge in [-0.05, 0) is 29.0 Å². The summed E-state index contributed by atoms with van der Waals surface area (Å²) in [6.45, 7) is 8.82. The topological polar surface area (TPSA) is 0 Å². The molecule has 0 unspecified atom stereocenters. The molecule has 0 radical (unpaired) electrons. The predicted molar refractivity (Wildman–Crippen MR) is 82.8 cm³/mol. The maximum Gasteiger partial charge on any atom is 0.0556 e. The highest BCUT2D eigenvalue weighted by molar-refractivity contribution is 7.16. The molecule has 0 aliphatic carbocycles. The van der Waals surface area contributed by atoms with Gasteiger partial charge in [-0.3, -0.25) is 0 Å². The van der Waals surface area contributed by atoms with Gasteiger partial charge in [-0.2, -0.15) is 0 Å². The van der Waals surface area contributed by atoms with E-state index >= 15 is 0 Å². The summed E-state index contributed by atoms with van der Waals surface area (Å²) in [4.78, 5) is 2.55. The summed E-state index contributed by atoms with van der Waals surface area (Å²) in [6.07, 6.45) is 1.05. The van der Waals surface area contributed by atoms with Crippen LogP contribution >= 0.6 is 22.9 Å². The van der Waals surface area contributed by atoms with E-state index in [-0.39, 0.29) is 5.41 Å². The van der Waals surface area contributed by atoms with Crippen molar-refractivity contribution >= 4 is 22.9 Å². The van der Waals surface area contributed by atoms with Crippen molar-refractivity contribution in [2.75, 3.05) is 0 Å². The Morgan fingerprint density at radius 2 is 1.83 bits per heavy atom. The minimum Gasteiger partial charge on any atom is -0.138 e. The molecule has 0 N–H and O–H groups in total. The van der Waals surface area contributed by atoms with Crippen molar-refractivity contribution in [3.8, 4) is 10.4 Å². The Bertz CT molecular complexity index is 546. The van der Waals surface area contributed by atoms with Crippen molar-refractivity contribution in [1.82, 2.24) is 0 Å². The smallest absolute Gasteiger partial charge is 0.0556 e. The van der Waals surface area contributed by atoms with Crippen LogP contribution in [-0.4, -0.2) is 0 Å². The fourth-order valence-electron chi connectivity index (χ4n) is 2.08. The van der Waals surface area contributed by atoms with Crippen LogP contribution in [0, 0.1) is 0 Å². The van der Waals surface area contributed by atoms with E-state index in [0.29, 0.717) is 0 Å². The summed E-state index contributed by atoms with van der Waals surface area (Å²) in [5.74, 6) is 0. The molecular weight excluding hydrogens is 260 g/mol. The number of hydrogen-bond acceptors (Lipinski definition) is 1. The average Bonchev–Trinajstić information content (AvgIpc) is 2.71. The van der Waals surface area contributed by atoms with Crippen LogP contribution in [0.5, 0.6) is 0 Å². The molecule has 96 valence electrons. The zero-order valence-corrected chi connectivity index (χ0v) is 13.0. The minimum absolute atomic E-state index is 0.112. The number of thiophene rings is 1. The van der Waals surface area contributed by atoms with E-state index in [4.69, 9.17) is 11.6 Å². The lowest BCUT2D eigenvalue weighted by Gasteiger charge is -2.16. The van der Waals surface area contributed by atoms with Crippen molar-refractivity contribution in [3.05, 3.63) is 45.8 Å². The molecule has 0 bridgehead atoms. The van der Waals surface area contributed by atoms with Gasteiger partial charge >= 0.3 is 0 Å². The lowest BCUT2D eigenvalue weighted by molar-refractivity contribution is 0.604. The van der Waals surface area contributed by atoms with E-state index in [0.717, 1.165) is 11.4 Å². The Hall–Kier alpha value is -0.790. The lowest BCUT2D eigenvalue weighted by atomic mass is 9.94. The summed E-state index contributed by atoms with van der Waals surface area (Å²) in [5, 5.41) is 0.897. The Morgan fingerprint density at radius 3 is 2.39 bits per heavy atom. The maximum absolute atomic E-state index is 6.39. The molecule has 0 aliphatic rings. The molecule has 0 fully saturated rings. The van der Waals surface area contributed by atoms with Crippen molar-refractivity contribution in [2.45, 2.75) is 39.5 Å². The van der Waals surface area contributed by atoms with Crippen LogP contribution in [0.1, 0.15) is 38.1 Å². The van der Waals surface area contributed by atoms with Crippen LogP contribution in [0.15, 0.2) is 30.3 Å². The molecule has 1 heterocycles. The van der Waals surface area contributed by atoms with Crippen LogP contribution in [0.4, 0.5) is 0 Å². The molecule has 0 saturated carbocycles. The molecule has 18 heavy (non-hydrogen) atoms. The molecule has 2 heteroatoms. The van der Waals surface area contributed by atoms with Crippen LogP contribution in [0.25, 0.3) is 10.4 Å². The SMILES string of the molecule is CCc1ccccc1-c1cc(Cl)c(C(C)(C)C)s1. The van der Waals surface area contributed by atoms with Gasteiger partial charge in [0.1, 0.15) is 0 Å². The quantitative estimate of drug-likeness (QED) is 0.639. The van der Waals surface area contributed by atoms with Gasteiger partial charge in [-0.25, -0.2) is 0 Å². The maximum atomic E-state index is 6.39. The van der Waals surface area contributed by atoms with Gasteiger partial charge < -0.3 is 0 Å². The Kier molecular flexibility index (Phi) is 3.84. The number of aryl methyl sites for hydroxylation is 1. The summed E-state index contributed by atoms with van der Waals surface area (Å²) in [5.41, 5.74) is 2.82. The molecule has 1 aromatic heterocycles. The van der Waals surface area contributed by atoms with Crippen LogP contribution in [0.3, 0.4) is 0 Å². The highest BCUT2D eigenvalue weighted by atomic mass is 35.5. The average molecular weight is 279 g/mol. The van der Waals surface area contributed by atoms with Gasteiger partial charge in [0.2, 0.25) is 0 Å².